The molecule has 134 valence electrons. The first-order chi connectivity index (χ1) is 11.4. The van der Waals surface area contributed by atoms with E-state index in [9.17, 15) is 4.79 Å². The Morgan fingerprint density at radius 2 is 1.75 bits per heavy atom. The second kappa shape index (κ2) is 8.41. The molecule has 1 aromatic rings. The Hall–Kier alpha value is -1.71. The van der Waals surface area contributed by atoms with Gasteiger partial charge in [0.1, 0.15) is 5.60 Å². The number of alkyl carbamates (subject to hydrolysis) is 1. The van der Waals surface area contributed by atoms with E-state index < -0.39 is 5.60 Å². The zero-order chi connectivity index (χ0) is 17.6. The van der Waals surface area contributed by atoms with Crippen LogP contribution in [-0.2, 0) is 11.2 Å². The molecule has 1 aliphatic carbocycles. The minimum atomic E-state index is -0.439. The number of aryl methyl sites for hydroxylation is 1. The van der Waals surface area contributed by atoms with E-state index in [0.717, 1.165) is 38.5 Å². The van der Waals surface area contributed by atoms with E-state index >= 15 is 0 Å². The van der Waals surface area contributed by atoms with E-state index in [2.05, 4.69) is 41.8 Å². The fourth-order valence-corrected chi connectivity index (χ4v) is 3.22. The first-order valence-corrected chi connectivity index (χ1v) is 9.21. The third kappa shape index (κ3) is 6.06. The fourth-order valence-electron chi connectivity index (χ4n) is 3.22. The van der Waals surface area contributed by atoms with Gasteiger partial charge in [0.15, 0.2) is 0 Å². The van der Waals surface area contributed by atoms with Gasteiger partial charge in [-0.1, -0.05) is 31.5 Å². The zero-order valence-electron chi connectivity index (χ0n) is 15.5. The van der Waals surface area contributed by atoms with Crippen LogP contribution in [0.25, 0.3) is 0 Å². The molecule has 0 aromatic heterocycles. The predicted octanol–water partition coefficient (Wildman–Crippen LogP) is 4.89. The van der Waals surface area contributed by atoms with Crippen molar-refractivity contribution in [2.45, 2.75) is 83.9 Å². The molecule has 0 atom stereocenters. The third-order valence-corrected chi connectivity index (χ3v) is 4.34. The van der Waals surface area contributed by atoms with Crippen molar-refractivity contribution in [2.75, 3.05) is 5.32 Å². The molecular weight excluding hydrogens is 300 g/mol. The van der Waals surface area contributed by atoms with E-state index in [0.29, 0.717) is 6.04 Å². The molecule has 1 aromatic carbocycles. The van der Waals surface area contributed by atoms with Crippen molar-refractivity contribution < 1.29 is 9.53 Å². The summed E-state index contributed by atoms with van der Waals surface area (Å²) in [4.78, 5) is 11.9. The average molecular weight is 332 g/mol. The number of carbonyl (C=O) groups is 1. The van der Waals surface area contributed by atoms with E-state index in [1.54, 1.807) is 0 Å². The predicted molar refractivity (Wildman–Crippen MR) is 99.5 cm³/mol. The van der Waals surface area contributed by atoms with Crippen LogP contribution in [-0.4, -0.2) is 23.8 Å². The molecule has 2 rings (SSSR count). The van der Waals surface area contributed by atoms with Crippen LogP contribution in [0, 0.1) is 0 Å². The Balaban J connectivity index is 1.80. The number of nitrogens with one attached hydrogen (secondary N) is 2. The van der Waals surface area contributed by atoms with Crippen molar-refractivity contribution in [3.63, 3.8) is 0 Å². The van der Waals surface area contributed by atoms with Crippen LogP contribution < -0.4 is 10.6 Å². The van der Waals surface area contributed by atoms with Crippen molar-refractivity contribution in [1.29, 1.82) is 0 Å². The van der Waals surface area contributed by atoms with Crippen LogP contribution >= 0.6 is 0 Å². The number of anilines is 1. The molecule has 4 heteroatoms. The summed E-state index contributed by atoms with van der Waals surface area (Å²) in [6.45, 7) is 7.88. The van der Waals surface area contributed by atoms with Crippen molar-refractivity contribution in [2.24, 2.45) is 0 Å². The van der Waals surface area contributed by atoms with Crippen molar-refractivity contribution in [1.82, 2.24) is 5.32 Å². The summed E-state index contributed by atoms with van der Waals surface area (Å²) in [7, 11) is 0. The lowest BCUT2D eigenvalue weighted by molar-refractivity contribution is 0.0492. The Morgan fingerprint density at radius 3 is 2.38 bits per heavy atom. The Bertz CT molecular complexity index is 529. The van der Waals surface area contributed by atoms with Gasteiger partial charge >= 0.3 is 6.09 Å². The molecular formula is C20H32N2O2. The maximum absolute atomic E-state index is 11.9. The van der Waals surface area contributed by atoms with Gasteiger partial charge in [-0.05, 0) is 64.5 Å². The third-order valence-electron chi connectivity index (χ3n) is 4.34. The molecule has 1 aliphatic rings. The molecule has 0 spiro atoms. The summed E-state index contributed by atoms with van der Waals surface area (Å²) in [6, 6.07) is 9.30. The largest absolute Gasteiger partial charge is 0.444 e. The Kier molecular flexibility index (Phi) is 6.52. The molecule has 0 radical (unpaired) electrons. The lowest BCUT2D eigenvalue weighted by Crippen LogP contribution is -2.42. The van der Waals surface area contributed by atoms with Gasteiger partial charge in [0.05, 0.1) is 0 Å². The summed E-state index contributed by atoms with van der Waals surface area (Å²) in [5.41, 5.74) is 2.23. The van der Waals surface area contributed by atoms with Crippen LogP contribution in [0.3, 0.4) is 0 Å². The topological polar surface area (TPSA) is 50.4 Å². The summed E-state index contributed by atoms with van der Waals surface area (Å²) < 4.78 is 5.34. The van der Waals surface area contributed by atoms with E-state index in [4.69, 9.17) is 4.74 Å². The first kappa shape index (κ1) is 18.6. The highest BCUT2D eigenvalue weighted by molar-refractivity contribution is 5.68. The summed E-state index contributed by atoms with van der Waals surface area (Å²) >= 11 is 0. The molecule has 1 amide bonds. The number of para-hydroxylation sites is 1. The second-order valence-corrected chi connectivity index (χ2v) is 7.75. The number of hydrogen-bond donors (Lipinski definition) is 2. The SMILES string of the molecule is CCCc1ccccc1NC1CCC(NC(=O)OC(C)(C)C)CC1. The molecule has 2 N–H and O–H groups in total. The van der Waals surface area contributed by atoms with Crippen LogP contribution in [0.2, 0.25) is 0 Å². The molecule has 0 aliphatic heterocycles. The molecule has 4 nitrogen and oxygen atoms in total. The molecule has 0 unspecified atom stereocenters. The normalized spacial score (nSPS) is 21.2. The quantitative estimate of drug-likeness (QED) is 0.807. The van der Waals surface area contributed by atoms with Gasteiger partial charge in [0.2, 0.25) is 0 Å². The van der Waals surface area contributed by atoms with Crippen LogP contribution in [0.1, 0.15) is 65.4 Å². The van der Waals surface area contributed by atoms with Gasteiger partial charge in [-0.3, -0.25) is 0 Å². The number of ether oxygens (including phenoxy) is 1. The van der Waals surface area contributed by atoms with Gasteiger partial charge < -0.3 is 15.4 Å². The van der Waals surface area contributed by atoms with Crippen molar-refractivity contribution >= 4 is 11.8 Å². The second-order valence-electron chi connectivity index (χ2n) is 7.75. The molecule has 0 bridgehead atoms. The minimum absolute atomic E-state index is 0.226. The van der Waals surface area contributed by atoms with Gasteiger partial charge in [-0.15, -0.1) is 0 Å². The van der Waals surface area contributed by atoms with Gasteiger partial charge in [-0.2, -0.15) is 0 Å². The molecule has 1 fully saturated rings. The number of hydrogen-bond acceptors (Lipinski definition) is 3. The highest BCUT2D eigenvalue weighted by Gasteiger charge is 2.24. The summed E-state index contributed by atoms with van der Waals surface area (Å²) in [6.07, 6.45) is 6.10. The monoisotopic (exact) mass is 332 g/mol. The van der Waals surface area contributed by atoms with E-state index in [1.807, 2.05) is 20.8 Å². The maximum atomic E-state index is 11.9. The standard InChI is InChI=1S/C20H32N2O2/c1-5-8-15-9-6-7-10-18(15)21-16-11-13-17(14-12-16)22-19(23)24-20(2,3)4/h6-7,9-10,16-17,21H,5,8,11-14H2,1-4H3,(H,22,23). The van der Waals surface area contributed by atoms with Gasteiger partial charge in [-0.25, -0.2) is 4.79 Å². The number of carbonyl (C=O) groups excluding carboxylic acids is 1. The summed E-state index contributed by atoms with van der Waals surface area (Å²) in [5.74, 6) is 0. The van der Waals surface area contributed by atoms with E-state index in [-0.39, 0.29) is 12.1 Å². The average Bonchev–Trinajstić information content (AvgIpc) is 2.49. The highest BCUT2D eigenvalue weighted by atomic mass is 16.6. The van der Waals surface area contributed by atoms with Crippen LogP contribution in [0.15, 0.2) is 24.3 Å². The van der Waals surface area contributed by atoms with Crippen LogP contribution in [0.4, 0.5) is 10.5 Å². The lowest BCUT2D eigenvalue weighted by atomic mass is 9.91. The van der Waals surface area contributed by atoms with Gasteiger partial charge in [0, 0.05) is 17.8 Å². The Labute approximate surface area is 146 Å². The number of amides is 1. The highest BCUT2D eigenvalue weighted by Crippen LogP contribution is 2.25. The van der Waals surface area contributed by atoms with Crippen molar-refractivity contribution in [3.8, 4) is 0 Å². The molecule has 0 heterocycles. The summed E-state index contributed by atoms with van der Waals surface area (Å²) in [5, 5.41) is 6.70. The molecule has 24 heavy (non-hydrogen) atoms. The smallest absolute Gasteiger partial charge is 0.407 e. The number of benzene rings is 1. The Morgan fingerprint density at radius 1 is 1.12 bits per heavy atom. The van der Waals surface area contributed by atoms with E-state index in [1.165, 1.54) is 11.3 Å². The number of rotatable bonds is 5. The van der Waals surface area contributed by atoms with Crippen molar-refractivity contribution in [3.05, 3.63) is 29.8 Å². The van der Waals surface area contributed by atoms with Gasteiger partial charge in [0.25, 0.3) is 0 Å². The first-order valence-electron chi connectivity index (χ1n) is 9.21. The zero-order valence-corrected chi connectivity index (χ0v) is 15.5. The maximum Gasteiger partial charge on any atom is 0.407 e. The van der Waals surface area contributed by atoms with Crippen LogP contribution in [0.5, 0.6) is 0 Å². The lowest BCUT2D eigenvalue weighted by Gasteiger charge is -2.31. The fraction of sp³-hybridized carbons (Fsp3) is 0.650. The minimum Gasteiger partial charge on any atom is -0.444 e. The molecule has 0 saturated heterocycles. The molecule has 1 saturated carbocycles.